The molecule has 0 aliphatic heterocycles. The van der Waals surface area contributed by atoms with Crippen LogP contribution in [0.4, 0.5) is 10.3 Å². The molecule has 0 radical (unpaired) electrons. The highest BCUT2D eigenvalue weighted by atomic mass is 19.1. The molecule has 0 unspecified atom stereocenters. The van der Waals surface area contributed by atoms with E-state index in [1.807, 2.05) is 0 Å². The van der Waals surface area contributed by atoms with Gasteiger partial charge in [-0.25, -0.2) is 9.37 Å². The van der Waals surface area contributed by atoms with Crippen molar-refractivity contribution in [1.29, 1.82) is 0 Å². The lowest BCUT2D eigenvalue weighted by Gasteiger charge is -2.11. The third-order valence-electron chi connectivity index (χ3n) is 3.64. The minimum atomic E-state index is -0.533. The van der Waals surface area contributed by atoms with Crippen molar-refractivity contribution in [2.45, 2.75) is 13.8 Å². The van der Waals surface area contributed by atoms with E-state index in [1.54, 1.807) is 25.4 Å². The minimum absolute atomic E-state index is 0.00455. The number of nitrogens with one attached hydrogen (secondary N) is 1. The molecule has 1 N–H and O–H groups in total. The maximum absolute atomic E-state index is 13.8. The topological polar surface area (TPSA) is 69.0 Å². The first kappa shape index (κ1) is 16.9. The molecule has 6 nitrogen and oxygen atoms in total. The minimum Gasteiger partial charge on any atom is -0.448 e. The largest absolute Gasteiger partial charge is 0.448 e. The molecule has 0 atom stereocenters. The summed E-state index contributed by atoms with van der Waals surface area (Å²) in [6.07, 6.45) is 1.61. The van der Waals surface area contributed by atoms with E-state index in [4.69, 9.17) is 4.74 Å². The fourth-order valence-corrected chi connectivity index (χ4v) is 2.32. The van der Waals surface area contributed by atoms with Crippen molar-refractivity contribution < 1.29 is 9.13 Å². The molecule has 0 spiro atoms. The van der Waals surface area contributed by atoms with Gasteiger partial charge in [0, 0.05) is 25.2 Å². The lowest BCUT2D eigenvalue weighted by atomic mass is 10.2. The van der Waals surface area contributed by atoms with Crippen LogP contribution in [0.5, 0.6) is 11.5 Å². The molecule has 1 aromatic carbocycles. The van der Waals surface area contributed by atoms with Crippen LogP contribution < -0.4 is 15.6 Å². The molecule has 0 fully saturated rings. The average molecular weight is 342 g/mol. The molecule has 25 heavy (non-hydrogen) atoms. The van der Waals surface area contributed by atoms with Crippen molar-refractivity contribution in [3.05, 3.63) is 52.7 Å². The molecule has 0 aliphatic carbocycles. The van der Waals surface area contributed by atoms with Gasteiger partial charge in [-0.2, -0.15) is 4.98 Å². The zero-order chi connectivity index (χ0) is 18.0. The summed E-state index contributed by atoms with van der Waals surface area (Å²) in [6, 6.07) is 7.46. The molecule has 2 heterocycles. The number of benzene rings is 1. The maximum Gasteiger partial charge on any atom is 0.294 e. The summed E-state index contributed by atoms with van der Waals surface area (Å²) >= 11 is 0. The van der Waals surface area contributed by atoms with Crippen molar-refractivity contribution >= 4 is 17.0 Å². The highest BCUT2D eigenvalue weighted by Gasteiger charge is 2.13. The van der Waals surface area contributed by atoms with E-state index in [2.05, 4.69) is 29.1 Å². The van der Waals surface area contributed by atoms with Crippen LogP contribution in [-0.4, -0.2) is 21.1 Å². The third kappa shape index (κ3) is 3.60. The first-order chi connectivity index (χ1) is 12.0. The van der Waals surface area contributed by atoms with Crippen LogP contribution in [0.15, 0.2) is 41.3 Å². The smallest absolute Gasteiger partial charge is 0.294 e. The van der Waals surface area contributed by atoms with Gasteiger partial charge in [0.1, 0.15) is 5.65 Å². The van der Waals surface area contributed by atoms with Gasteiger partial charge in [-0.3, -0.25) is 9.36 Å². The lowest BCUT2D eigenvalue weighted by Crippen LogP contribution is -2.20. The molecule has 0 saturated carbocycles. The quantitative estimate of drug-likeness (QED) is 0.770. The number of aryl methyl sites for hydroxylation is 1. The maximum atomic E-state index is 13.8. The molecule has 0 aliphatic rings. The lowest BCUT2D eigenvalue weighted by molar-refractivity contribution is 0.434. The second-order valence-corrected chi connectivity index (χ2v) is 6.15. The molecule has 130 valence electrons. The molecule has 0 bridgehead atoms. The number of nitrogens with zero attached hydrogens (tertiary/aromatic N) is 3. The summed E-state index contributed by atoms with van der Waals surface area (Å²) in [5, 5.41) is 3.75. The second-order valence-electron chi connectivity index (χ2n) is 6.15. The molecule has 2 aromatic heterocycles. The Bertz CT molecular complexity index is 969. The van der Waals surface area contributed by atoms with Crippen molar-refractivity contribution in [1.82, 2.24) is 14.5 Å². The number of halogens is 1. The van der Waals surface area contributed by atoms with E-state index >= 15 is 0 Å². The monoisotopic (exact) mass is 342 g/mol. The molecule has 7 heteroatoms. The normalized spacial score (nSPS) is 11.1. The van der Waals surface area contributed by atoms with Crippen LogP contribution >= 0.6 is 0 Å². The first-order valence-corrected chi connectivity index (χ1v) is 7.98. The van der Waals surface area contributed by atoms with Gasteiger partial charge < -0.3 is 10.1 Å². The Balaban J connectivity index is 2.00. The summed E-state index contributed by atoms with van der Waals surface area (Å²) < 4.78 is 20.6. The fourth-order valence-electron chi connectivity index (χ4n) is 2.32. The van der Waals surface area contributed by atoms with E-state index in [9.17, 15) is 9.18 Å². The number of aromatic nitrogens is 3. The zero-order valence-corrected chi connectivity index (χ0v) is 14.3. The second kappa shape index (κ2) is 6.88. The van der Waals surface area contributed by atoms with Gasteiger partial charge in [-0.1, -0.05) is 26.0 Å². The van der Waals surface area contributed by atoms with E-state index in [0.717, 1.165) is 6.54 Å². The standard InChI is InChI=1S/C18H19FN4O2/c1-11(2)9-20-18-21-10-12-8-15(17(24)23(3)16(12)22-18)25-14-7-5-4-6-13(14)19/h4-8,10-11H,9H2,1-3H3,(H,20,21,22). The number of ether oxygens (including phenoxy) is 1. The van der Waals surface area contributed by atoms with Gasteiger partial charge in [0.2, 0.25) is 5.95 Å². The van der Waals surface area contributed by atoms with Crippen molar-refractivity contribution in [2.24, 2.45) is 13.0 Å². The van der Waals surface area contributed by atoms with E-state index < -0.39 is 11.4 Å². The van der Waals surface area contributed by atoms with Crippen LogP contribution in [0.2, 0.25) is 0 Å². The van der Waals surface area contributed by atoms with Crippen LogP contribution in [0.25, 0.3) is 11.0 Å². The Labute approximate surface area is 144 Å². The highest BCUT2D eigenvalue weighted by Crippen LogP contribution is 2.24. The van der Waals surface area contributed by atoms with Crippen molar-refractivity contribution in [3.63, 3.8) is 0 Å². The van der Waals surface area contributed by atoms with Crippen molar-refractivity contribution in [2.75, 3.05) is 11.9 Å². The number of fused-ring (bicyclic) bond motifs is 1. The van der Waals surface area contributed by atoms with E-state index in [-0.39, 0.29) is 11.5 Å². The van der Waals surface area contributed by atoms with E-state index in [1.165, 1.54) is 22.8 Å². The number of pyridine rings is 1. The van der Waals surface area contributed by atoms with Gasteiger partial charge in [-0.05, 0) is 24.1 Å². The summed E-state index contributed by atoms with van der Waals surface area (Å²) in [6.45, 7) is 4.89. The van der Waals surface area contributed by atoms with Gasteiger partial charge in [-0.15, -0.1) is 0 Å². The fraction of sp³-hybridized carbons (Fsp3) is 0.278. The zero-order valence-electron chi connectivity index (χ0n) is 14.3. The molecular formula is C18H19FN4O2. The number of rotatable bonds is 5. The predicted molar refractivity (Wildman–Crippen MR) is 94.6 cm³/mol. The van der Waals surface area contributed by atoms with Gasteiger partial charge in [0.25, 0.3) is 5.56 Å². The SMILES string of the molecule is CC(C)CNc1ncc2cc(Oc3ccccc3F)c(=O)n(C)c2n1. The van der Waals surface area contributed by atoms with Gasteiger partial charge >= 0.3 is 0 Å². The molecule has 3 rings (SSSR count). The molecular weight excluding hydrogens is 323 g/mol. The Morgan fingerprint density at radius 1 is 1.28 bits per heavy atom. The molecule has 0 amide bonds. The Morgan fingerprint density at radius 2 is 2.04 bits per heavy atom. The number of anilines is 1. The first-order valence-electron chi connectivity index (χ1n) is 7.98. The van der Waals surface area contributed by atoms with Crippen LogP contribution in [0.3, 0.4) is 0 Å². The highest BCUT2D eigenvalue weighted by molar-refractivity contribution is 5.76. The Morgan fingerprint density at radius 3 is 2.76 bits per heavy atom. The van der Waals surface area contributed by atoms with Crippen LogP contribution in [0, 0.1) is 11.7 Å². The summed E-state index contributed by atoms with van der Waals surface area (Å²) in [5.74, 6) is 0.384. The van der Waals surface area contributed by atoms with E-state index in [0.29, 0.717) is 22.9 Å². The van der Waals surface area contributed by atoms with Crippen LogP contribution in [-0.2, 0) is 7.05 Å². The summed E-state index contributed by atoms with van der Waals surface area (Å²) in [5.41, 5.74) is 0.0800. The van der Waals surface area contributed by atoms with Gasteiger partial charge in [0.05, 0.1) is 0 Å². The average Bonchev–Trinajstić information content (AvgIpc) is 2.59. The predicted octanol–water partition coefficient (Wildman–Crippen LogP) is 3.33. The number of hydrogen-bond donors (Lipinski definition) is 1. The third-order valence-corrected chi connectivity index (χ3v) is 3.64. The molecule has 3 aromatic rings. The van der Waals surface area contributed by atoms with Crippen LogP contribution in [0.1, 0.15) is 13.8 Å². The van der Waals surface area contributed by atoms with Gasteiger partial charge in [0.15, 0.2) is 17.3 Å². The Kier molecular flexibility index (Phi) is 4.65. The molecule has 0 saturated heterocycles. The summed E-state index contributed by atoms with van der Waals surface area (Å²) in [4.78, 5) is 21.1. The number of hydrogen-bond acceptors (Lipinski definition) is 5. The summed E-state index contributed by atoms with van der Waals surface area (Å²) in [7, 11) is 1.60. The van der Waals surface area contributed by atoms with Crippen molar-refractivity contribution in [3.8, 4) is 11.5 Å². The number of para-hydroxylation sites is 1. The Hall–Kier alpha value is -2.96.